The van der Waals surface area contributed by atoms with E-state index in [0.717, 1.165) is 24.5 Å². The van der Waals surface area contributed by atoms with Gasteiger partial charge in [-0.05, 0) is 19.1 Å². The second-order valence-corrected chi connectivity index (χ2v) is 4.01. The molecule has 0 saturated carbocycles. The lowest BCUT2D eigenvalue weighted by molar-refractivity contribution is -0.0521. The molecule has 0 aliphatic rings. The molecule has 1 heterocycles. The van der Waals surface area contributed by atoms with Gasteiger partial charge in [0.15, 0.2) is 11.6 Å². The van der Waals surface area contributed by atoms with E-state index < -0.39 is 18.2 Å². The molecule has 0 amide bonds. The van der Waals surface area contributed by atoms with E-state index in [1.807, 2.05) is 17.7 Å². The monoisotopic (exact) mass is 285 g/mol. The van der Waals surface area contributed by atoms with E-state index in [0.29, 0.717) is 12.2 Å². The van der Waals surface area contributed by atoms with Gasteiger partial charge in [-0.15, -0.1) is 0 Å². The van der Waals surface area contributed by atoms with E-state index in [2.05, 4.69) is 15.0 Å². The Bertz CT molecular complexity index is 572. The topological polar surface area (TPSA) is 39.1 Å². The Labute approximate surface area is 114 Å². The number of aromatic nitrogens is 2. The smallest absolute Gasteiger partial charge is 0.387 e. The number of ether oxygens (including phenoxy) is 1. The highest BCUT2D eigenvalue weighted by Gasteiger charge is 2.10. The van der Waals surface area contributed by atoms with E-state index in [4.69, 9.17) is 0 Å². The molecule has 0 unspecified atom stereocenters. The van der Waals surface area contributed by atoms with Gasteiger partial charge in [-0.25, -0.2) is 9.37 Å². The highest BCUT2D eigenvalue weighted by molar-refractivity contribution is 5.47. The van der Waals surface area contributed by atoms with Crippen LogP contribution in [0.25, 0.3) is 0 Å². The van der Waals surface area contributed by atoms with E-state index in [-0.39, 0.29) is 0 Å². The Kier molecular flexibility index (Phi) is 4.49. The summed E-state index contributed by atoms with van der Waals surface area (Å²) in [5, 5.41) is 2.98. The minimum Gasteiger partial charge on any atom is -0.432 e. The summed E-state index contributed by atoms with van der Waals surface area (Å²) in [7, 11) is 0. The van der Waals surface area contributed by atoms with Crippen molar-refractivity contribution in [1.29, 1.82) is 0 Å². The van der Waals surface area contributed by atoms with Crippen molar-refractivity contribution in [3.63, 3.8) is 0 Å². The van der Waals surface area contributed by atoms with Crippen molar-refractivity contribution < 1.29 is 17.9 Å². The van der Waals surface area contributed by atoms with Crippen LogP contribution in [0, 0.1) is 5.82 Å². The van der Waals surface area contributed by atoms with Crippen LogP contribution in [0.5, 0.6) is 5.75 Å². The Morgan fingerprint density at radius 2 is 2.20 bits per heavy atom. The number of nitrogens with zero attached hydrogens (tertiary/aromatic N) is 2. The summed E-state index contributed by atoms with van der Waals surface area (Å²) in [6.07, 6.45) is 3.53. The van der Waals surface area contributed by atoms with Gasteiger partial charge < -0.3 is 14.6 Å². The van der Waals surface area contributed by atoms with Crippen molar-refractivity contribution in [2.75, 3.05) is 5.32 Å². The maximum absolute atomic E-state index is 13.5. The molecular weight excluding hydrogens is 271 g/mol. The van der Waals surface area contributed by atoms with Crippen molar-refractivity contribution in [2.24, 2.45) is 0 Å². The molecule has 1 aromatic heterocycles. The second-order valence-electron chi connectivity index (χ2n) is 4.01. The van der Waals surface area contributed by atoms with Gasteiger partial charge in [0, 0.05) is 30.7 Å². The molecule has 0 spiro atoms. The van der Waals surface area contributed by atoms with Crippen LogP contribution in [-0.2, 0) is 13.1 Å². The predicted octanol–water partition coefficient (Wildman–Crippen LogP) is 3.26. The van der Waals surface area contributed by atoms with E-state index in [1.165, 1.54) is 6.07 Å². The average Bonchev–Trinajstić information content (AvgIpc) is 2.86. The first-order valence-corrected chi connectivity index (χ1v) is 6.08. The summed E-state index contributed by atoms with van der Waals surface area (Å²) in [4.78, 5) is 4.16. The Morgan fingerprint density at radius 3 is 2.85 bits per heavy atom. The maximum Gasteiger partial charge on any atom is 0.387 e. The van der Waals surface area contributed by atoms with Crippen LogP contribution in [-0.4, -0.2) is 16.2 Å². The van der Waals surface area contributed by atoms with Gasteiger partial charge in [-0.3, -0.25) is 0 Å². The molecule has 0 fully saturated rings. The van der Waals surface area contributed by atoms with Gasteiger partial charge >= 0.3 is 6.61 Å². The molecule has 1 N–H and O–H groups in total. The molecular formula is C13H14F3N3O. The number of anilines is 1. The first kappa shape index (κ1) is 14.2. The number of aryl methyl sites for hydroxylation is 1. The summed E-state index contributed by atoms with van der Waals surface area (Å²) in [6, 6.07) is 3.74. The van der Waals surface area contributed by atoms with Crippen molar-refractivity contribution in [3.05, 3.63) is 42.2 Å². The highest BCUT2D eigenvalue weighted by Crippen LogP contribution is 2.23. The van der Waals surface area contributed by atoms with E-state index in [9.17, 15) is 13.2 Å². The highest BCUT2D eigenvalue weighted by atomic mass is 19.3. The van der Waals surface area contributed by atoms with Crippen LogP contribution in [0.15, 0.2) is 30.6 Å². The number of benzene rings is 1. The van der Waals surface area contributed by atoms with Crippen molar-refractivity contribution >= 4 is 5.69 Å². The summed E-state index contributed by atoms with van der Waals surface area (Å²) < 4.78 is 43.5. The van der Waals surface area contributed by atoms with Crippen LogP contribution < -0.4 is 10.1 Å². The van der Waals surface area contributed by atoms with Crippen molar-refractivity contribution in [3.8, 4) is 5.75 Å². The second kappa shape index (κ2) is 6.31. The number of hydrogen-bond donors (Lipinski definition) is 1. The van der Waals surface area contributed by atoms with Gasteiger partial charge in [0.25, 0.3) is 0 Å². The van der Waals surface area contributed by atoms with Crippen LogP contribution in [0.1, 0.15) is 12.7 Å². The molecule has 0 radical (unpaired) electrons. The SMILES string of the molecule is CCn1ccnc1CNc1ccc(OC(F)F)c(F)c1. The zero-order valence-corrected chi connectivity index (χ0v) is 10.8. The Balaban J connectivity index is 2.02. The molecule has 0 saturated heterocycles. The molecule has 4 nitrogen and oxygen atoms in total. The fourth-order valence-electron chi connectivity index (χ4n) is 1.78. The molecule has 0 aliphatic heterocycles. The van der Waals surface area contributed by atoms with E-state index in [1.54, 1.807) is 6.20 Å². The minimum absolute atomic E-state index is 0.412. The normalized spacial score (nSPS) is 10.8. The van der Waals surface area contributed by atoms with Gasteiger partial charge in [0.2, 0.25) is 0 Å². The standard InChI is InChI=1S/C13H14F3N3O/c1-2-19-6-5-17-12(19)8-18-9-3-4-11(10(14)7-9)20-13(15)16/h3-7,13,18H,2,8H2,1H3. The molecule has 7 heteroatoms. The number of nitrogens with one attached hydrogen (secondary N) is 1. The zero-order valence-electron chi connectivity index (χ0n) is 10.8. The van der Waals surface area contributed by atoms with Gasteiger partial charge in [-0.2, -0.15) is 8.78 Å². The first-order chi connectivity index (χ1) is 9.60. The minimum atomic E-state index is -3.04. The summed E-state index contributed by atoms with van der Waals surface area (Å²) in [5.74, 6) is -0.504. The third kappa shape index (κ3) is 3.43. The Hall–Kier alpha value is -2.18. The molecule has 108 valence electrons. The van der Waals surface area contributed by atoms with E-state index >= 15 is 0 Å². The number of imidazole rings is 1. The third-order valence-corrected chi connectivity index (χ3v) is 2.74. The largest absolute Gasteiger partial charge is 0.432 e. The molecule has 0 aliphatic carbocycles. The molecule has 20 heavy (non-hydrogen) atoms. The molecule has 2 aromatic rings. The van der Waals surface area contributed by atoms with Gasteiger partial charge in [0.05, 0.1) is 6.54 Å². The molecule has 1 aromatic carbocycles. The lowest BCUT2D eigenvalue weighted by atomic mass is 10.3. The van der Waals surface area contributed by atoms with Crippen LogP contribution in [0.3, 0.4) is 0 Å². The molecule has 2 rings (SSSR count). The van der Waals surface area contributed by atoms with Crippen molar-refractivity contribution in [1.82, 2.24) is 9.55 Å². The molecule has 0 bridgehead atoms. The van der Waals surface area contributed by atoms with Crippen LogP contribution in [0.2, 0.25) is 0 Å². The third-order valence-electron chi connectivity index (χ3n) is 2.74. The van der Waals surface area contributed by atoms with Crippen LogP contribution in [0.4, 0.5) is 18.9 Å². The number of rotatable bonds is 6. The zero-order chi connectivity index (χ0) is 14.5. The lowest BCUT2D eigenvalue weighted by Crippen LogP contribution is -2.08. The molecule has 0 atom stereocenters. The fourth-order valence-corrected chi connectivity index (χ4v) is 1.78. The number of hydrogen-bond acceptors (Lipinski definition) is 3. The Morgan fingerprint density at radius 1 is 1.40 bits per heavy atom. The number of alkyl halides is 2. The summed E-state index contributed by atoms with van der Waals surface area (Å²) in [5.41, 5.74) is 0.467. The summed E-state index contributed by atoms with van der Waals surface area (Å²) >= 11 is 0. The van der Waals surface area contributed by atoms with Crippen LogP contribution >= 0.6 is 0 Å². The van der Waals surface area contributed by atoms with Crippen molar-refractivity contribution in [2.45, 2.75) is 26.6 Å². The fraction of sp³-hybridized carbons (Fsp3) is 0.308. The maximum atomic E-state index is 13.5. The quantitative estimate of drug-likeness (QED) is 0.885. The van der Waals surface area contributed by atoms with Gasteiger partial charge in [-0.1, -0.05) is 0 Å². The number of halogens is 3. The average molecular weight is 285 g/mol. The summed E-state index contributed by atoms with van der Waals surface area (Å²) in [6.45, 7) is 0.142. The first-order valence-electron chi connectivity index (χ1n) is 6.08. The van der Waals surface area contributed by atoms with Gasteiger partial charge in [0.1, 0.15) is 5.82 Å². The lowest BCUT2D eigenvalue weighted by Gasteiger charge is -2.10. The predicted molar refractivity (Wildman–Crippen MR) is 68.3 cm³/mol.